The molecule has 0 aliphatic rings. The van der Waals surface area contributed by atoms with Crippen LogP contribution in [0.3, 0.4) is 0 Å². The standard InChI is InChI=1S/C15H18N6/c1-20(2)10-9-17-14-3-4-15-18-11-13(21(15)19-14)12-5-7-16-8-6-12/h3-8,11H,9-10H2,1-2H3,(H,17,19). The zero-order chi connectivity index (χ0) is 14.7. The van der Waals surface area contributed by atoms with Crippen molar-refractivity contribution in [1.82, 2.24) is 24.5 Å². The molecule has 3 heterocycles. The van der Waals surface area contributed by atoms with Crippen LogP contribution in [0.4, 0.5) is 5.82 Å². The van der Waals surface area contributed by atoms with E-state index in [0.29, 0.717) is 0 Å². The van der Waals surface area contributed by atoms with Crippen molar-refractivity contribution in [3.63, 3.8) is 0 Å². The molecule has 21 heavy (non-hydrogen) atoms. The van der Waals surface area contributed by atoms with Gasteiger partial charge in [0, 0.05) is 31.0 Å². The molecule has 3 rings (SSSR count). The topological polar surface area (TPSA) is 58.3 Å². The minimum atomic E-state index is 0.833. The molecule has 0 unspecified atom stereocenters. The largest absolute Gasteiger partial charge is 0.367 e. The molecule has 1 N–H and O–H groups in total. The Morgan fingerprint density at radius 1 is 1.14 bits per heavy atom. The van der Waals surface area contributed by atoms with Gasteiger partial charge in [0.05, 0.1) is 11.9 Å². The van der Waals surface area contributed by atoms with Gasteiger partial charge in [0.2, 0.25) is 0 Å². The Morgan fingerprint density at radius 3 is 2.71 bits per heavy atom. The number of aromatic nitrogens is 4. The maximum atomic E-state index is 4.61. The molecule has 0 atom stereocenters. The summed E-state index contributed by atoms with van der Waals surface area (Å²) >= 11 is 0. The van der Waals surface area contributed by atoms with Gasteiger partial charge >= 0.3 is 0 Å². The summed E-state index contributed by atoms with van der Waals surface area (Å²) in [5.41, 5.74) is 2.85. The minimum absolute atomic E-state index is 0.833. The van der Waals surface area contributed by atoms with Crippen molar-refractivity contribution in [3.05, 3.63) is 42.9 Å². The van der Waals surface area contributed by atoms with Gasteiger partial charge in [-0.3, -0.25) is 4.98 Å². The van der Waals surface area contributed by atoms with Gasteiger partial charge in [-0.1, -0.05) is 0 Å². The highest BCUT2D eigenvalue weighted by molar-refractivity contribution is 5.63. The predicted octanol–water partition coefficient (Wildman–Crippen LogP) is 1.76. The zero-order valence-electron chi connectivity index (χ0n) is 12.2. The van der Waals surface area contributed by atoms with Gasteiger partial charge < -0.3 is 10.2 Å². The van der Waals surface area contributed by atoms with E-state index >= 15 is 0 Å². The van der Waals surface area contributed by atoms with E-state index in [2.05, 4.69) is 39.4 Å². The average Bonchev–Trinajstić information content (AvgIpc) is 2.91. The molecule has 6 nitrogen and oxygen atoms in total. The van der Waals surface area contributed by atoms with Crippen LogP contribution < -0.4 is 5.32 Å². The van der Waals surface area contributed by atoms with Crippen LogP contribution in [0.2, 0.25) is 0 Å². The van der Waals surface area contributed by atoms with E-state index in [1.807, 2.05) is 35.0 Å². The Balaban J connectivity index is 1.89. The van der Waals surface area contributed by atoms with Gasteiger partial charge in [-0.2, -0.15) is 0 Å². The molecule has 0 saturated carbocycles. The number of fused-ring (bicyclic) bond motifs is 1. The second kappa shape index (κ2) is 5.88. The fourth-order valence-electron chi connectivity index (χ4n) is 2.09. The molecule has 6 heteroatoms. The summed E-state index contributed by atoms with van der Waals surface area (Å²) < 4.78 is 1.85. The van der Waals surface area contributed by atoms with Crippen LogP contribution in [0.25, 0.3) is 16.9 Å². The molecular weight excluding hydrogens is 264 g/mol. The molecule has 0 radical (unpaired) electrons. The lowest BCUT2D eigenvalue weighted by Gasteiger charge is -2.11. The van der Waals surface area contributed by atoms with Gasteiger partial charge in [-0.05, 0) is 38.4 Å². The van der Waals surface area contributed by atoms with Gasteiger partial charge in [0.25, 0.3) is 0 Å². The Bertz CT molecular complexity index is 719. The molecule has 0 saturated heterocycles. The number of anilines is 1. The highest BCUT2D eigenvalue weighted by atomic mass is 15.3. The van der Waals surface area contributed by atoms with Crippen molar-refractivity contribution in [1.29, 1.82) is 0 Å². The van der Waals surface area contributed by atoms with Crippen molar-refractivity contribution in [3.8, 4) is 11.3 Å². The number of nitrogens with one attached hydrogen (secondary N) is 1. The molecular formula is C15H18N6. The van der Waals surface area contributed by atoms with Gasteiger partial charge in [0.1, 0.15) is 5.82 Å². The van der Waals surface area contributed by atoms with Crippen molar-refractivity contribution >= 4 is 11.5 Å². The van der Waals surface area contributed by atoms with Crippen LogP contribution in [0.15, 0.2) is 42.9 Å². The SMILES string of the molecule is CN(C)CCNc1ccc2ncc(-c3ccncc3)n2n1. The summed E-state index contributed by atoms with van der Waals surface area (Å²) in [4.78, 5) is 10.6. The lowest BCUT2D eigenvalue weighted by atomic mass is 10.2. The van der Waals surface area contributed by atoms with Crippen LogP contribution in [-0.2, 0) is 0 Å². The molecule has 3 aromatic rings. The minimum Gasteiger partial charge on any atom is -0.367 e. The molecule has 0 bridgehead atoms. The van der Waals surface area contributed by atoms with E-state index in [4.69, 9.17) is 0 Å². The molecule has 0 aromatic carbocycles. The summed E-state index contributed by atoms with van der Waals surface area (Å²) in [6.07, 6.45) is 5.38. The average molecular weight is 282 g/mol. The van der Waals surface area contributed by atoms with E-state index < -0.39 is 0 Å². The van der Waals surface area contributed by atoms with Crippen LogP contribution in [-0.4, -0.2) is 51.7 Å². The fourth-order valence-corrected chi connectivity index (χ4v) is 2.09. The maximum absolute atomic E-state index is 4.61. The zero-order valence-corrected chi connectivity index (χ0v) is 12.2. The molecule has 3 aromatic heterocycles. The van der Waals surface area contributed by atoms with Crippen molar-refractivity contribution in [2.75, 3.05) is 32.5 Å². The van der Waals surface area contributed by atoms with Gasteiger partial charge in [-0.15, -0.1) is 5.10 Å². The molecule has 108 valence electrons. The first kappa shape index (κ1) is 13.5. The van der Waals surface area contributed by atoms with Crippen LogP contribution >= 0.6 is 0 Å². The van der Waals surface area contributed by atoms with Crippen molar-refractivity contribution in [2.24, 2.45) is 0 Å². The fraction of sp³-hybridized carbons (Fsp3) is 0.267. The Labute approximate surface area is 123 Å². The number of hydrogen-bond acceptors (Lipinski definition) is 5. The number of likely N-dealkylation sites (N-methyl/N-ethyl adjacent to an activating group) is 1. The monoisotopic (exact) mass is 282 g/mol. The first-order valence-corrected chi connectivity index (χ1v) is 6.88. The number of hydrogen-bond donors (Lipinski definition) is 1. The quantitative estimate of drug-likeness (QED) is 0.773. The number of rotatable bonds is 5. The van der Waals surface area contributed by atoms with E-state index in [9.17, 15) is 0 Å². The predicted molar refractivity (Wildman–Crippen MR) is 83.3 cm³/mol. The Kier molecular flexibility index (Phi) is 3.79. The molecule has 0 amide bonds. The smallest absolute Gasteiger partial charge is 0.154 e. The summed E-state index contributed by atoms with van der Waals surface area (Å²) in [6.45, 7) is 1.81. The van der Waals surface area contributed by atoms with E-state index in [0.717, 1.165) is 35.8 Å². The van der Waals surface area contributed by atoms with Gasteiger partial charge in [0.15, 0.2) is 5.65 Å². The third kappa shape index (κ3) is 3.00. The van der Waals surface area contributed by atoms with Crippen molar-refractivity contribution < 1.29 is 0 Å². The van der Waals surface area contributed by atoms with Crippen LogP contribution in [0.1, 0.15) is 0 Å². The second-order valence-electron chi connectivity index (χ2n) is 5.10. The van der Waals surface area contributed by atoms with E-state index in [1.54, 1.807) is 12.4 Å². The van der Waals surface area contributed by atoms with E-state index in [1.165, 1.54) is 0 Å². The highest BCUT2D eigenvalue weighted by Gasteiger charge is 2.07. The third-order valence-electron chi connectivity index (χ3n) is 3.20. The highest BCUT2D eigenvalue weighted by Crippen LogP contribution is 2.19. The van der Waals surface area contributed by atoms with E-state index in [-0.39, 0.29) is 0 Å². The molecule has 0 aliphatic carbocycles. The van der Waals surface area contributed by atoms with Crippen LogP contribution in [0.5, 0.6) is 0 Å². The number of imidazole rings is 1. The normalized spacial score (nSPS) is 11.2. The number of pyridine rings is 1. The number of nitrogens with zero attached hydrogens (tertiary/aromatic N) is 5. The van der Waals surface area contributed by atoms with Crippen LogP contribution in [0, 0.1) is 0 Å². The molecule has 0 spiro atoms. The summed E-state index contributed by atoms with van der Waals surface area (Å²) in [6, 6.07) is 7.83. The molecule has 0 aliphatic heterocycles. The summed E-state index contributed by atoms with van der Waals surface area (Å²) in [5, 5.41) is 7.94. The summed E-state index contributed by atoms with van der Waals surface area (Å²) in [7, 11) is 4.10. The maximum Gasteiger partial charge on any atom is 0.154 e. The lowest BCUT2D eigenvalue weighted by molar-refractivity contribution is 0.425. The Hall–Kier alpha value is -2.47. The summed E-state index contributed by atoms with van der Waals surface area (Å²) in [5.74, 6) is 0.845. The first-order valence-electron chi connectivity index (χ1n) is 6.88. The van der Waals surface area contributed by atoms with Crippen molar-refractivity contribution in [2.45, 2.75) is 0 Å². The van der Waals surface area contributed by atoms with Gasteiger partial charge in [-0.25, -0.2) is 9.50 Å². The first-order chi connectivity index (χ1) is 10.2. The Morgan fingerprint density at radius 2 is 1.95 bits per heavy atom. The third-order valence-corrected chi connectivity index (χ3v) is 3.20. The molecule has 0 fully saturated rings. The lowest BCUT2D eigenvalue weighted by Crippen LogP contribution is -2.21. The second-order valence-corrected chi connectivity index (χ2v) is 5.10.